The Labute approximate surface area is 161 Å². The molecule has 2 bridgehead atoms. The zero-order valence-electron chi connectivity index (χ0n) is 15.9. The number of benzene rings is 2. The highest BCUT2D eigenvalue weighted by molar-refractivity contribution is 5.45. The number of fused-ring (bicyclic) bond motifs is 1. The number of rotatable bonds is 3. The minimum Gasteiger partial charge on any atom is -0.508 e. The molecule has 2 aromatic carbocycles. The highest BCUT2D eigenvalue weighted by Crippen LogP contribution is 2.56. The van der Waals surface area contributed by atoms with Crippen molar-refractivity contribution in [2.75, 3.05) is 13.1 Å². The zero-order chi connectivity index (χ0) is 18.4. The minimum absolute atomic E-state index is 0.296. The largest absolute Gasteiger partial charge is 0.508 e. The predicted octanol–water partition coefficient (Wildman–Crippen LogP) is 4.40. The normalized spacial score (nSPS) is 29.8. The van der Waals surface area contributed by atoms with Gasteiger partial charge in [-0.15, -0.1) is 0 Å². The molecule has 1 saturated heterocycles. The van der Waals surface area contributed by atoms with Crippen molar-refractivity contribution in [3.63, 3.8) is 0 Å². The first-order valence-electron chi connectivity index (χ1n) is 10.5. The third kappa shape index (κ3) is 2.84. The lowest BCUT2D eigenvalue weighted by molar-refractivity contribution is -0.0106. The molecule has 1 saturated carbocycles. The van der Waals surface area contributed by atoms with Crippen molar-refractivity contribution < 1.29 is 10.2 Å². The third-order valence-corrected chi connectivity index (χ3v) is 7.56. The minimum atomic E-state index is 0.296. The monoisotopic (exact) mass is 363 g/mol. The number of hydrogen-bond donors (Lipinski definition) is 2. The van der Waals surface area contributed by atoms with Crippen LogP contribution in [0.1, 0.15) is 48.8 Å². The first-order chi connectivity index (χ1) is 13.2. The number of phenols is 2. The van der Waals surface area contributed by atoms with Gasteiger partial charge in [0.15, 0.2) is 0 Å². The molecule has 0 aromatic heterocycles. The molecular weight excluding hydrogens is 334 g/mol. The van der Waals surface area contributed by atoms with Crippen molar-refractivity contribution in [1.82, 2.24) is 4.90 Å². The van der Waals surface area contributed by atoms with Gasteiger partial charge in [-0.3, -0.25) is 4.90 Å². The Morgan fingerprint density at radius 3 is 2.63 bits per heavy atom. The van der Waals surface area contributed by atoms with Crippen molar-refractivity contribution in [3.05, 3.63) is 59.2 Å². The summed E-state index contributed by atoms with van der Waals surface area (Å²) in [6, 6.07) is 14.4. The standard InChI is InChI=1S/C24H29NO2/c26-19-7-4-17(5-8-19)10-13-25-14-12-24-11-2-1-3-21(24)23(25)15-18-6-9-20(27)16-22(18)24/h4-9,16,21,23,26-27H,1-3,10-15H2/t21-,23+,24+/m0/s1. The Bertz CT molecular complexity index is 831. The fourth-order valence-electron chi connectivity index (χ4n) is 6.29. The van der Waals surface area contributed by atoms with Gasteiger partial charge in [-0.05, 0) is 85.5 Å². The van der Waals surface area contributed by atoms with Gasteiger partial charge >= 0.3 is 0 Å². The molecule has 1 aliphatic heterocycles. The fourth-order valence-corrected chi connectivity index (χ4v) is 6.29. The maximum absolute atomic E-state index is 10.1. The molecular formula is C24H29NO2. The average Bonchev–Trinajstić information content (AvgIpc) is 2.69. The van der Waals surface area contributed by atoms with E-state index in [1.54, 1.807) is 12.1 Å². The number of phenolic OH excluding ortho intramolecular Hbond substituents is 2. The fraction of sp³-hybridized carbons (Fsp3) is 0.500. The number of aromatic hydroxyl groups is 2. The van der Waals surface area contributed by atoms with Crippen LogP contribution < -0.4 is 0 Å². The SMILES string of the molecule is Oc1ccc(CCN2CC[C@]34CCCC[C@H]3[C@H]2Cc2ccc(O)cc24)cc1. The summed E-state index contributed by atoms with van der Waals surface area (Å²) in [7, 11) is 0. The van der Waals surface area contributed by atoms with Gasteiger partial charge in [0, 0.05) is 18.0 Å². The maximum Gasteiger partial charge on any atom is 0.115 e. The highest BCUT2D eigenvalue weighted by Gasteiger charge is 2.53. The van der Waals surface area contributed by atoms with Crippen LogP contribution in [0.15, 0.2) is 42.5 Å². The Morgan fingerprint density at radius 2 is 1.78 bits per heavy atom. The second-order valence-electron chi connectivity index (χ2n) is 8.82. The summed E-state index contributed by atoms with van der Waals surface area (Å²) in [6.07, 6.45) is 8.68. The van der Waals surface area contributed by atoms with Gasteiger partial charge in [0.25, 0.3) is 0 Å². The van der Waals surface area contributed by atoms with Gasteiger partial charge in [-0.2, -0.15) is 0 Å². The Balaban J connectivity index is 1.42. The quantitative estimate of drug-likeness (QED) is 0.849. The summed E-state index contributed by atoms with van der Waals surface area (Å²) in [6.45, 7) is 2.25. The van der Waals surface area contributed by atoms with Gasteiger partial charge in [0.05, 0.1) is 0 Å². The predicted molar refractivity (Wildman–Crippen MR) is 107 cm³/mol. The zero-order valence-corrected chi connectivity index (χ0v) is 15.9. The van der Waals surface area contributed by atoms with Crippen LogP contribution in [0.25, 0.3) is 0 Å². The van der Waals surface area contributed by atoms with Crippen LogP contribution in [0.3, 0.4) is 0 Å². The lowest BCUT2D eigenvalue weighted by Crippen LogP contribution is -2.61. The molecule has 0 spiro atoms. The highest BCUT2D eigenvalue weighted by atomic mass is 16.3. The van der Waals surface area contributed by atoms with Crippen molar-refractivity contribution in [3.8, 4) is 11.5 Å². The van der Waals surface area contributed by atoms with Crippen molar-refractivity contribution >= 4 is 0 Å². The average molecular weight is 364 g/mol. The van der Waals surface area contributed by atoms with E-state index in [2.05, 4.69) is 17.0 Å². The van der Waals surface area contributed by atoms with Crippen LogP contribution in [0, 0.1) is 5.92 Å². The van der Waals surface area contributed by atoms with E-state index in [0.717, 1.165) is 31.8 Å². The number of likely N-dealkylation sites (tertiary alicyclic amines) is 1. The summed E-state index contributed by atoms with van der Waals surface area (Å²) in [5.41, 5.74) is 4.52. The maximum atomic E-state index is 10.1. The topological polar surface area (TPSA) is 43.7 Å². The van der Waals surface area contributed by atoms with Crippen LogP contribution >= 0.6 is 0 Å². The molecule has 2 aromatic rings. The summed E-state index contributed by atoms with van der Waals surface area (Å²) in [5.74, 6) is 1.51. The van der Waals surface area contributed by atoms with Crippen LogP contribution in [-0.4, -0.2) is 34.2 Å². The third-order valence-electron chi connectivity index (χ3n) is 7.56. The molecule has 142 valence electrons. The molecule has 3 atom stereocenters. The van der Waals surface area contributed by atoms with E-state index in [4.69, 9.17) is 0 Å². The Kier molecular flexibility index (Phi) is 4.16. The number of hydrogen-bond acceptors (Lipinski definition) is 3. The summed E-state index contributed by atoms with van der Waals surface area (Å²) in [5, 5.41) is 19.6. The van der Waals surface area contributed by atoms with E-state index in [-0.39, 0.29) is 0 Å². The molecule has 5 rings (SSSR count). The van der Waals surface area contributed by atoms with E-state index < -0.39 is 0 Å². The lowest BCUT2D eigenvalue weighted by atomic mass is 9.52. The molecule has 27 heavy (non-hydrogen) atoms. The van der Waals surface area contributed by atoms with E-state index in [9.17, 15) is 10.2 Å². The van der Waals surface area contributed by atoms with Gasteiger partial charge in [-0.25, -0.2) is 0 Å². The van der Waals surface area contributed by atoms with Crippen molar-refractivity contribution in [2.24, 2.45) is 5.92 Å². The van der Waals surface area contributed by atoms with Gasteiger partial charge in [0.1, 0.15) is 11.5 Å². The molecule has 2 fully saturated rings. The van der Waals surface area contributed by atoms with Crippen LogP contribution in [0.4, 0.5) is 0 Å². The number of piperidine rings is 1. The summed E-state index contributed by atoms with van der Waals surface area (Å²) >= 11 is 0. The molecule has 0 unspecified atom stereocenters. The summed E-state index contributed by atoms with van der Waals surface area (Å²) in [4.78, 5) is 2.73. The second kappa shape index (κ2) is 6.56. The number of nitrogens with zero attached hydrogens (tertiary/aromatic N) is 1. The second-order valence-corrected chi connectivity index (χ2v) is 8.82. The first kappa shape index (κ1) is 17.1. The lowest BCUT2D eigenvalue weighted by Gasteiger charge is -2.59. The molecule has 2 aliphatic carbocycles. The summed E-state index contributed by atoms with van der Waals surface area (Å²) < 4.78 is 0. The molecule has 0 amide bonds. The Morgan fingerprint density at radius 1 is 0.963 bits per heavy atom. The molecule has 2 N–H and O–H groups in total. The van der Waals surface area contributed by atoms with E-state index in [1.165, 1.54) is 48.8 Å². The van der Waals surface area contributed by atoms with Gasteiger partial charge < -0.3 is 10.2 Å². The smallest absolute Gasteiger partial charge is 0.115 e. The van der Waals surface area contributed by atoms with Gasteiger partial charge in [-0.1, -0.05) is 31.0 Å². The molecule has 0 radical (unpaired) electrons. The van der Waals surface area contributed by atoms with Gasteiger partial charge in [0.2, 0.25) is 0 Å². The first-order valence-corrected chi connectivity index (χ1v) is 10.5. The van der Waals surface area contributed by atoms with Crippen molar-refractivity contribution in [1.29, 1.82) is 0 Å². The van der Waals surface area contributed by atoms with E-state index >= 15 is 0 Å². The molecule has 1 heterocycles. The van der Waals surface area contributed by atoms with Crippen LogP contribution in [0.2, 0.25) is 0 Å². The van der Waals surface area contributed by atoms with Crippen LogP contribution in [-0.2, 0) is 18.3 Å². The molecule has 3 heteroatoms. The molecule has 3 aliphatic rings. The molecule has 3 nitrogen and oxygen atoms in total. The van der Waals surface area contributed by atoms with E-state index in [0.29, 0.717) is 23.0 Å². The van der Waals surface area contributed by atoms with Crippen molar-refractivity contribution in [2.45, 2.75) is 56.4 Å². The van der Waals surface area contributed by atoms with E-state index in [1.807, 2.05) is 18.2 Å². The Hall–Kier alpha value is -2.00. The van der Waals surface area contributed by atoms with Crippen LogP contribution in [0.5, 0.6) is 11.5 Å².